The van der Waals surface area contributed by atoms with Crippen molar-refractivity contribution in [1.29, 1.82) is 0 Å². The summed E-state index contributed by atoms with van der Waals surface area (Å²) in [7, 11) is 1.65. The Morgan fingerprint density at radius 1 is 0.978 bits per heavy atom. The van der Waals surface area contributed by atoms with E-state index in [9.17, 15) is 9.59 Å². The lowest BCUT2D eigenvalue weighted by atomic mass is 9.91. The van der Waals surface area contributed by atoms with Crippen molar-refractivity contribution >= 4 is 47.4 Å². The molecule has 2 N–H and O–H groups in total. The van der Waals surface area contributed by atoms with Crippen molar-refractivity contribution in [2.24, 2.45) is 5.92 Å². The number of rotatable bonds is 12. The van der Waals surface area contributed by atoms with Gasteiger partial charge in [-0.05, 0) is 87.2 Å². The molecule has 45 heavy (non-hydrogen) atoms. The number of hydrogen-bond donors (Lipinski definition) is 2. The first-order chi connectivity index (χ1) is 21.2. The number of benzene rings is 3. The van der Waals surface area contributed by atoms with Gasteiger partial charge in [0.1, 0.15) is 24.7 Å². The Kier molecular flexibility index (Phi) is 12.3. The molecule has 1 heterocycles. The number of carbonyl (C=O) groups excluding carboxylic acids is 2. The Balaban J connectivity index is 0.00000461. The lowest BCUT2D eigenvalue weighted by molar-refractivity contribution is -0.138. The molecular formula is C34H40Cl3N3O5. The maximum absolute atomic E-state index is 13.9. The zero-order valence-electron chi connectivity index (χ0n) is 25.7. The molecule has 1 saturated carbocycles. The highest BCUT2D eigenvalue weighted by Gasteiger charge is 2.40. The lowest BCUT2D eigenvalue weighted by Gasteiger charge is -2.36. The molecule has 2 aliphatic rings. The van der Waals surface area contributed by atoms with Gasteiger partial charge in [0.25, 0.3) is 5.91 Å². The predicted octanol–water partition coefficient (Wildman–Crippen LogP) is 6.40. The summed E-state index contributed by atoms with van der Waals surface area (Å²) in [5.41, 5.74) is 3.25. The first-order valence-electron chi connectivity index (χ1n) is 15.0. The van der Waals surface area contributed by atoms with Crippen LogP contribution < -0.4 is 24.8 Å². The minimum atomic E-state index is -0.360. The normalized spacial score (nSPS) is 17.5. The summed E-state index contributed by atoms with van der Waals surface area (Å²) in [5.74, 6) is 1.32. The second-order valence-corrected chi connectivity index (χ2v) is 12.2. The van der Waals surface area contributed by atoms with Gasteiger partial charge < -0.3 is 29.7 Å². The molecule has 242 valence electrons. The zero-order valence-corrected chi connectivity index (χ0v) is 28.1. The lowest BCUT2D eigenvalue weighted by Crippen LogP contribution is -2.55. The van der Waals surface area contributed by atoms with Gasteiger partial charge in [0.05, 0.1) is 23.1 Å². The van der Waals surface area contributed by atoms with Crippen LogP contribution >= 0.6 is 35.6 Å². The Labute approximate surface area is 281 Å². The van der Waals surface area contributed by atoms with Gasteiger partial charge in [-0.2, -0.15) is 0 Å². The van der Waals surface area contributed by atoms with E-state index in [1.807, 2.05) is 49.1 Å². The number of halogens is 3. The molecule has 2 fully saturated rings. The van der Waals surface area contributed by atoms with Crippen LogP contribution in [0.4, 0.5) is 0 Å². The fourth-order valence-corrected chi connectivity index (χ4v) is 6.35. The summed E-state index contributed by atoms with van der Waals surface area (Å²) < 4.78 is 17.1. The summed E-state index contributed by atoms with van der Waals surface area (Å²) in [6.45, 7) is 6.05. The SMILES string of the molecule is COc1ccccc1CN(C(=O)C1CNCCC1NC(=O)c1ccc(OCCOc2c(Cl)cc(C)cc2Cl)cc1C)C1CC1.Cl. The van der Waals surface area contributed by atoms with E-state index in [4.69, 9.17) is 37.4 Å². The first kappa shape index (κ1) is 34.7. The third-order valence-electron chi connectivity index (χ3n) is 8.10. The van der Waals surface area contributed by atoms with E-state index in [0.29, 0.717) is 46.6 Å². The molecule has 0 bridgehead atoms. The third-order valence-corrected chi connectivity index (χ3v) is 8.66. The predicted molar refractivity (Wildman–Crippen MR) is 179 cm³/mol. The molecular weight excluding hydrogens is 637 g/mol. The van der Waals surface area contributed by atoms with Crippen LogP contribution in [0, 0.1) is 19.8 Å². The number of hydrogen-bond acceptors (Lipinski definition) is 6. The van der Waals surface area contributed by atoms with Crippen LogP contribution in [0.25, 0.3) is 0 Å². The van der Waals surface area contributed by atoms with Crippen LogP contribution in [0.5, 0.6) is 17.2 Å². The average molecular weight is 677 g/mol. The second kappa shape index (κ2) is 15.9. The van der Waals surface area contributed by atoms with Crippen LogP contribution in [0.15, 0.2) is 54.6 Å². The van der Waals surface area contributed by atoms with Crippen LogP contribution in [0.2, 0.25) is 10.0 Å². The zero-order chi connectivity index (χ0) is 31.2. The van der Waals surface area contributed by atoms with Crippen molar-refractivity contribution in [3.05, 3.63) is 86.9 Å². The molecule has 1 aliphatic heterocycles. The van der Waals surface area contributed by atoms with Gasteiger partial charge in [-0.3, -0.25) is 9.59 Å². The molecule has 2 unspecified atom stereocenters. The van der Waals surface area contributed by atoms with E-state index in [1.54, 1.807) is 31.4 Å². The standard InChI is InChI=1S/C34H39Cl2N3O5.ClH/c1-21-16-28(35)32(29(36)17-21)44-15-14-43-25-10-11-26(22(2)18-25)33(40)38-30-12-13-37-19-27(30)34(41)39(24-8-9-24)20-23-6-4-5-7-31(23)42-3;/h4-7,10-11,16-18,24,27,30,37H,8-9,12-15,19-20H2,1-3H3,(H,38,40);1H. The smallest absolute Gasteiger partial charge is 0.251 e. The maximum atomic E-state index is 13.9. The van der Waals surface area contributed by atoms with Crippen molar-refractivity contribution in [2.75, 3.05) is 33.4 Å². The molecule has 0 aromatic heterocycles. The summed E-state index contributed by atoms with van der Waals surface area (Å²) in [6, 6.07) is 16.7. The number of amides is 2. The van der Waals surface area contributed by atoms with E-state index in [1.165, 1.54) is 0 Å². The molecule has 0 radical (unpaired) electrons. The highest BCUT2D eigenvalue weighted by Crippen LogP contribution is 2.34. The van der Waals surface area contributed by atoms with Crippen LogP contribution in [-0.2, 0) is 11.3 Å². The van der Waals surface area contributed by atoms with Crippen LogP contribution in [-0.4, -0.2) is 62.2 Å². The van der Waals surface area contributed by atoms with E-state index >= 15 is 0 Å². The summed E-state index contributed by atoms with van der Waals surface area (Å²) in [6.07, 6.45) is 2.65. The second-order valence-electron chi connectivity index (χ2n) is 11.4. The molecule has 11 heteroatoms. The maximum Gasteiger partial charge on any atom is 0.251 e. The minimum absolute atomic E-state index is 0. The number of nitrogens with zero attached hydrogens (tertiary/aromatic N) is 1. The number of nitrogens with one attached hydrogen (secondary N) is 2. The molecule has 2 amide bonds. The Morgan fingerprint density at radius 3 is 2.38 bits per heavy atom. The Morgan fingerprint density at radius 2 is 1.69 bits per heavy atom. The van der Waals surface area contributed by atoms with Crippen molar-refractivity contribution in [3.8, 4) is 17.2 Å². The number of para-hydroxylation sites is 1. The molecule has 8 nitrogen and oxygen atoms in total. The Hall–Kier alpha value is -3.17. The van der Waals surface area contributed by atoms with Gasteiger partial charge in [0.15, 0.2) is 5.75 Å². The van der Waals surface area contributed by atoms with Crippen LogP contribution in [0.3, 0.4) is 0 Å². The topological polar surface area (TPSA) is 89.1 Å². The number of methoxy groups -OCH3 is 1. The minimum Gasteiger partial charge on any atom is -0.496 e. The number of carbonyl (C=O) groups is 2. The van der Waals surface area contributed by atoms with E-state index in [0.717, 1.165) is 41.8 Å². The number of ether oxygens (including phenoxy) is 3. The van der Waals surface area contributed by atoms with Gasteiger partial charge >= 0.3 is 0 Å². The quantitative estimate of drug-likeness (QED) is 0.216. The Bertz CT molecular complexity index is 1480. The third kappa shape index (κ3) is 8.76. The van der Waals surface area contributed by atoms with Gasteiger partial charge in [0, 0.05) is 36.3 Å². The molecule has 1 saturated heterocycles. The van der Waals surface area contributed by atoms with Gasteiger partial charge in [-0.15, -0.1) is 12.4 Å². The monoisotopic (exact) mass is 675 g/mol. The highest BCUT2D eigenvalue weighted by molar-refractivity contribution is 6.37. The van der Waals surface area contributed by atoms with Crippen LogP contribution in [0.1, 0.15) is 46.3 Å². The number of piperidine rings is 1. The fourth-order valence-electron chi connectivity index (χ4n) is 5.65. The molecule has 3 aromatic rings. The molecule has 2 atom stereocenters. The van der Waals surface area contributed by atoms with E-state index < -0.39 is 0 Å². The average Bonchev–Trinajstić information content (AvgIpc) is 3.84. The van der Waals surface area contributed by atoms with Gasteiger partial charge in [-0.1, -0.05) is 41.4 Å². The molecule has 3 aromatic carbocycles. The molecule has 5 rings (SSSR count). The van der Waals surface area contributed by atoms with Crippen molar-refractivity contribution in [3.63, 3.8) is 0 Å². The van der Waals surface area contributed by atoms with Crippen molar-refractivity contribution in [2.45, 2.75) is 51.7 Å². The summed E-state index contributed by atoms with van der Waals surface area (Å²) in [4.78, 5) is 29.4. The van der Waals surface area contributed by atoms with Crippen molar-refractivity contribution in [1.82, 2.24) is 15.5 Å². The first-order valence-corrected chi connectivity index (χ1v) is 15.8. The van der Waals surface area contributed by atoms with Gasteiger partial charge in [0.2, 0.25) is 5.91 Å². The highest BCUT2D eigenvalue weighted by atomic mass is 35.5. The molecule has 1 aliphatic carbocycles. The molecule has 0 spiro atoms. The number of aryl methyl sites for hydroxylation is 2. The summed E-state index contributed by atoms with van der Waals surface area (Å²) in [5, 5.41) is 7.44. The fraction of sp³-hybridized carbons (Fsp3) is 0.412. The largest absolute Gasteiger partial charge is 0.496 e. The van der Waals surface area contributed by atoms with E-state index in [2.05, 4.69) is 10.6 Å². The van der Waals surface area contributed by atoms with E-state index in [-0.39, 0.29) is 55.4 Å². The van der Waals surface area contributed by atoms with Gasteiger partial charge in [-0.25, -0.2) is 0 Å². The van der Waals surface area contributed by atoms with Crippen molar-refractivity contribution < 1.29 is 23.8 Å². The summed E-state index contributed by atoms with van der Waals surface area (Å²) >= 11 is 12.5.